The van der Waals surface area contributed by atoms with Gasteiger partial charge in [0.1, 0.15) is 28.7 Å². The van der Waals surface area contributed by atoms with Crippen molar-refractivity contribution in [3.63, 3.8) is 0 Å². The summed E-state index contributed by atoms with van der Waals surface area (Å²) in [5.41, 5.74) is 8.66. The number of benzene rings is 1. The van der Waals surface area contributed by atoms with Crippen molar-refractivity contribution in [1.82, 2.24) is 19.4 Å². The second kappa shape index (κ2) is 8.45. The molecular formula is C23H23FN6O4. The van der Waals surface area contributed by atoms with Crippen LogP contribution in [0.5, 0.6) is 0 Å². The van der Waals surface area contributed by atoms with Crippen LogP contribution >= 0.6 is 0 Å². The van der Waals surface area contributed by atoms with Gasteiger partial charge in [0.05, 0.1) is 5.69 Å². The molecule has 0 aliphatic heterocycles. The van der Waals surface area contributed by atoms with E-state index in [4.69, 9.17) is 5.73 Å². The first-order valence-corrected chi connectivity index (χ1v) is 10.3. The lowest BCUT2D eigenvalue weighted by Gasteiger charge is -2.14. The zero-order chi connectivity index (χ0) is 24.8. The maximum Gasteiger partial charge on any atom is 0.258 e. The van der Waals surface area contributed by atoms with E-state index in [0.717, 1.165) is 6.07 Å². The van der Waals surface area contributed by atoms with E-state index < -0.39 is 23.6 Å². The van der Waals surface area contributed by atoms with Gasteiger partial charge in [-0.3, -0.25) is 9.20 Å². The first-order chi connectivity index (χ1) is 16.0. The molecule has 4 rings (SSSR count). The number of hydrogen-bond donors (Lipinski definition) is 5. The Balaban J connectivity index is 1.70. The minimum Gasteiger partial charge on any atom is -0.382 e. The third-order valence-electron chi connectivity index (χ3n) is 5.22. The number of halogens is 1. The molecule has 11 heteroatoms. The number of aliphatic hydroxyl groups excluding tert-OH is 1. The van der Waals surface area contributed by atoms with Gasteiger partial charge in [-0.25, -0.2) is 19.3 Å². The number of amides is 1. The summed E-state index contributed by atoms with van der Waals surface area (Å²) in [5.74, 6) is -3.34. The lowest BCUT2D eigenvalue weighted by atomic mass is 10.1. The lowest BCUT2D eigenvalue weighted by Crippen LogP contribution is -2.23. The maximum absolute atomic E-state index is 13.4. The van der Waals surface area contributed by atoms with E-state index in [-0.39, 0.29) is 23.0 Å². The number of rotatable bonds is 5. The third kappa shape index (κ3) is 4.31. The molecule has 0 spiro atoms. The van der Waals surface area contributed by atoms with Crippen LogP contribution in [0.15, 0.2) is 42.7 Å². The number of imidazole rings is 1. The van der Waals surface area contributed by atoms with Crippen LogP contribution in [-0.4, -0.2) is 40.6 Å². The van der Waals surface area contributed by atoms with E-state index >= 15 is 0 Å². The Hall–Kier alpha value is -3.93. The fraction of sp³-hybridized carbons (Fsp3) is 0.217. The van der Waals surface area contributed by atoms with Crippen LogP contribution in [0.2, 0.25) is 0 Å². The summed E-state index contributed by atoms with van der Waals surface area (Å²) in [7, 11) is 0. The molecule has 1 amide bonds. The average Bonchev–Trinajstić information content (AvgIpc) is 3.13. The number of nitrogens with one attached hydrogen (secondary N) is 1. The molecule has 0 saturated carbocycles. The Morgan fingerprint density at radius 1 is 1.24 bits per heavy atom. The van der Waals surface area contributed by atoms with Gasteiger partial charge in [0.15, 0.2) is 11.9 Å². The van der Waals surface area contributed by atoms with E-state index in [1.54, 1.807) is 26.1 Å². The topological polar surface area (TPSA) is 159 Å². The smallest absolute Gasteiger partial charge is 0.258 e. The number of carbonyl (C=O) groups is 1. The van der Waals surface area contributed by atoms with Crippen molar-refractivity contribution >= 4 is 23.1 Å². The summed E-state index contributed by atoms with van der Waals surface area (Å²) in [5, 5.41) is 33.1. The molecule has 0 fully saturated rings. The van der Waals surface area contributed by atoms with Crippen molar-refractivity contribution in [1.29, 1.82) is 0 Å². The molecule has 6 N–H and O–H groups in total. The number of pyridine rings is 1. The molecule has 0 saturated heterocycles. The monoisotopic (exact) mass is 466 g/mol. The van der Waals surface area contributed by atoms with Gasteiger partial charge >= 0.3 is 0 Å². The van der Waals surface area contributed by atoms with Crippen LogP contribution in [-0.2, 0) is 10.6 Å². The fourth-order valence-electron chi connectivity index (χ4n) is 3.68. The largest absolute Gasteiger partial charge is 0.382 e. The Kier molecular flexibility index (Phi) is 5.77. The van der Waals surface area contributed by atoms with Crippen molar-refractivity contribution in [2.75, 3.05) is 11.1 Å². The second-order valence-electron chi connectivity index (χ2n) is 8.12. The van der Waals surface area contributed by atoms with Crippen molar-refractivity contribution in [2.45, 2.75) is 32.7 Å². The molecule has 10 nitrogen and oxygen atoms in total. The van der Waals surface area contributed by atoms with Gasteiger partial charge in [0, 0.05) is 18.0 Å². The van der Waals surface area contributed by atoms with Crippen LogP contribution in [0.25, 0.3) is 16.8 Å². The van der Waals surface area contributed by atoms with Crippen LogP contribution in [0.1, 0.15) is 35.7 Å². The normalized spacial score (nSPS) is 12.7. The Bertz CT molecular complexity index is 1410. The predicted octanol–water partition coefficient (Wildman–Crippen LogP) is 1.96. The molecule has 1 atom stereocenters. The van der Waals surface area contributed by atoms with Crippen molar-refractivity contribution in [2.24, 2.45) is 0 Å². The summed E-state index contributed by atoms with van der Waals surface area (Å²) in [6.07, 6.45) is 1.45. The van der Waals surface area contributed by atoms with E-state index in [9.17, 15) is 24.5 Å². The molecule has 1 unspecified atom stereocenters. The molecule has 0 radical (unpaired) electrons. The van der Waals surface area contributed by atoms with Crippen LogP contribution in [0.4, 0.5) is 16.0 Å². The van der Waals surface area contributed by atoms with Gasteiger partial charge in [-0.2, -0.15) is 0 Å². The van der Waals surface area contributed by atoms with Gasteiger partial charge in [-0.05, 0) is 50.1 Å². The molecule has 1 aromatic carbocycles. The molecule has 34 heavy (non-hydrogen) atoms. The molecule has 3 aromatic heterocycles. The number of aliphatic hydroxyl groups is 3. The number of nitrogen functional groups attached to an aromatic ring is 1. The number of fused-ring (bicyclic) bond motifs is 1. The van der Waals surface area contributed by atoms with E-state index in [2.05, 4.69) is 20.3 Å². The van der Waals surface area contributed by atoms with Crippen molar-refractivity contribution in [3.05, 3.63) is 71.2 Å². The van der Waals surface area contributed by atoms with Crippen LogP contribution in [0.3, 0.4) is 0 Å². The first-order valence-electron chi connectivity index (χ1n) is 10.3. The molecule has 0 aliphatic carbocycles. The van der Waals surface area contributed by atoms with Gasteiger partial charge in [0.2, 0.25) is 5.79 Å². The number of nitrogens with two attached hydrogens (primary N) is 1. The highest BCUT2D eigenvalue weighted by atomic mass is 19.1. The SMILES string of the molecule is Cc1cn2c(C(C)(O)O)nc(-c3cnc(NC(=O)C(O)c4cccc(F)c4)cc3C)c2c(N)n1. The van der Waals surface area contributed by atoms with Crippen LogP contribution in [0, 0.1) is 19.7 Å². The Morgan fingerprint density at radius 2 is 1.97 bits per heavy atom. The number of hydrogen-bond acceptors (Lipinski definition) is 8. The zero-order valence-electron chi connectivity index (χ0n) is 18.6. The molecule has 4 aromatic rings. The average molecular weight is 466 g/mol. The number of nitrogens with zero attached hydrogens (tertiary/aromatic N) is 4. The highest BCUT2D eigenvalue weighted by Crippen LogP contribution is 2.33. The van der Waals surface area contributed by atoms with E-state index in [0.29, 0.717) is 28.0 Å². The quantitative estimate of drug-likeness (QED) is 0.279. The molecule has 176 valence electrons. The van der Waals surface area contributed by atoms with Crippen LogP contribution < -0.4 is 11.1 Å². The fourth-order valence-corrected chi connectivity index (χ4v) is 3.68. The van der Waals surface area contributed by atoms with Gasteiger partial charge in [0.25, 0.3) is 5.91 Å². The Labute approximate surface area is 193 Å². The molecular weight excluding hydrogens is 443 g/mol. The Morgan fingerprint density at radius 3 is 2.62 bits per heavy atom. The summed E-state index contributed by atoms with van der Waals surface area (Å²) in [6, 6.07) is 6.68. The number of anilines is 2. The summed E-state index contributed by atoms with van der Waals surface area (Å²) < 4.78 is 14.9. The standard InChI is InChI=1S/C23H23FN6O4/c1-11-7-16(28-21(32)19(31)13-5-4-6-14(24)8-13)26-9-15(11)17-18-20(25)27-12(2)10-30(18)22(29-17)23(3,33)34/h4-10,19,31,33-34H,1-3H3,(H2,25,27)(H,26,28,32). The van der Waals surface area contributed by atoms with E-state index in [1.807, 2.05) is 0 Å². The third-order valence-corrected chi connectivity index (χ3v) is 5.22. The van der Waals surface area contributed by atoms with E-state index in [1.165, 1.54) is 35.7 Å². The summed E-state index contributed by atoms with van der Waals surface area (Å²) >= 11 is 0. The van der Waals surface area contributed by atoms with Gasteiger partial charge in [-0.15, -0.1) is 0 Å². The second-order valence-corrected chi connectivity index (χ2v) is 8.12. The minimum atomic E-state index is -2.25. The molecule has 0 aliphatic rings. The highest BCUT2D eigenvalue weighted by Gasteiger charge is 2.29. The van der Waals surface area contributed by atoms with Crippen molar-refractivity contribution in [3.8, 4) is 11.3 Å². The number of aromatic nitrogens is 4. The highest BCUT2D eigenvalue weighted by molar-refractivity contribution is 5.94. The van der Waals surface area contributed by atoms with Crippen molar-refractivity contribution < 1.29 is 24.5 Å². The lowest BCUT2D eigenvalue weighted by molar-refractivity contribution is -0.159. The zero-order valence-corrected chi connectivity index (χ0v) is 18.6. The maximum atomic E-state index is 13.4. The number of carbonyl (C=O) groups excluding carboxylic acids is 1. The van der Waals surface area contributed by atoms with Gasteiger partial charge < -0.3 is 26.4 Å². The molecule has 3 heterocycles. The predicted molar refractivity (Wildman–Crippen MR) is 122 cm³/mol. The molecule has 0 bridgehead atoms. The summed E-state index contributed by atoms with van der Waals surface area (Å²) in [4.78, 5) is 25.3. The summed E-state index contributed by atoms with van der Waals surface area (Å²) in [6.45, 7) is 4.65. The van der Waals surface area contributed by atoms with Gasteiger partial charge in [-0.1, -0.05) is 12.1 Å². The first kappa shape index (κ1) is 23.2. The number of aryl methyl sites for hydroxylation is 2. The minimum absolute atomic E-state index is 0.0512.